The maximum absolute atomic E-state index is 6.57. The second-order valence-electron chi connectivity index (χ2n) is 14.3. The number of para-hydroxylation sites is 3. The van der Waals surface area contributed by atoms with Crippen molar-refractivity contribution < 1.29 is 8.83 Å². The van der Waals surface area contributed by atoms with E-state index < -0.39 is 0 Å². The van der Waals surface area contributed by atoms with Crippen molar-refractivity contribution in [3.63, 3.8) is 0 Å². The second kappa shape index (κ2) is 12.6. The molecule has 8 aromatic carbocycles. The first-order valence-corrected chi connectivity index (χ1v) is 19.7. The predicted octanol–water partition coefficient (Wildman–Crippen LogP) is 14.4. The molecule has 0 aliphatic rings. The lowest BCUT2D eigenvalue weighted by Gasteiger charge is -2.10. The average Bonchev–Trinajstić information content (AvgIpc) is 3.97. The SMILES string of the molecule is c1ccc(-c2nc(-c3ccccc3)nc(-c3ccc4c(c3)sc3cc(-c5cc(-c6cccc7c6oc6ccccc67)cc6oc7ccccc7c56)ccc34)n2)cc1. The van der Waals surface area contributed by atoms with Crippen molar-refractivity contribution >= 4 is 75.4 Å². The van der Waals surface area contributed by atoms with Gasteiger partial charge in [0.05, 0.1) is 0 Å². The minimum atomic E-state index is 0.647. The minimum Gasteiger partial charge on any atom is -0.456 e. The lowest BCUT2D eigenvalue weighted by atomic mass is 9.93. The van der Waals surface area contributed by atoms with E-state index in [4.69, 9.17) is 23.8 Å². The number of benzene rings is 8. The molecule has 0 N–H and O–H groups in total. The molecule has 57 heavy (non-hydrogen) atoms. The van der Waals surface area contributed by atoms with Gasteiger partial charge in [0.2, 0.25) is 0 Å². The fraction of sp³-hybridized carbons (Fsp3) is 0. The molecule has 0 aliphatic heterocycles. The van der Waals surface area contributed by atoms with Gasteiger partial charge in [-0.3, -0.25) is 0 Å². The van der Waals surface area contributed by atoms with Gasteiger partial charge in [-0.05, 0) is 53.1 Å². The Bertz CT molecular complexity index is 3470. The van der Waals surface area contributed by atoms with Gasteiger partial charge < -0.3 is 8.83 Å². The van der Waals surface area contributed by atoms with Crippen LogP contribution in [0.2, 0.25) is 0 Å². The van der Waals surface area contributed by atoms with Gasteiger partial charge in [0, 0.05) is 64.0 Å². The molecule has 0 aliphatic carbocycles. The quantitative estimate of drug-likeness (QED) is 0.175. The van der Waals surface area contributed by atoms with Crippen LogP contribution in [0.5, 0.6) is 0 Å². The molecule has 0 fully saturated rings. The number of furan rings is 2. The van der Waals surface area contributed by atoms with Crippen molar-refractivity contribution in [2.45, 2.75) is 0 Å². The van der Waals surface area contributed by atoms with Crippen LogP contribution in [0, 0.1) is 0 Å². The Labute approximate surface area is 330 Å². The summed E-state index contributed by atoms with van der Waals surface area (Å²) in [6.45, 7) is 0. The van der Waals surface area contributed by atoms with Crippen molar-refractivity contribution in [3.05, 3.63) is 176 Å². The zero-order valence-electron chi connectivity index (χ0n) is 30.3. The van der Waals surface area contributed by atoms with Crippen molar-refractivity contribution in [3.8, 4) is 56.4 Å². The maximum Gasteiger partial charge on any atom is 0.164 e. The molecule has 4 heterocycles. The van der Waals surface area contributed by atoms with Crippen LogP contribution in [0.1, 0.15) is 0 Å². The van der Waals surface area contributed by atoms with Gasteiger partial charge in [0.15, 0.2) is 17.5 Å². The van der Waals surface area contributed by atoms with Crippen molar-refractivity contribution in [2.24, 2.45) is 0 Å². The smallest absolute Gasteiger partial charge is 0.164 e. The number of fused-ring (bicyclic) bond motifs is 9. The molecule has 0 bridgehead atoms. The van der Waals surface area contributed by atoms with Gasteiger partial charge in [-0.2, -0.15) is 0 Å². The normalized spacial score (nSPS) is 11.9. The van der Waals surface area contributed by atoms with Gasteiger partial charge in [0.1, 0.15) is 22.3 Å². The highest BCUT2D eigenvalue weighted by molar-refractivity contribution is 7.25. The van der Waals surface area contributed by atoms with Crippen LogP contribution < -0.4 is 0 Å². The van der Waals surface area contributed by atoms with E-state index in [1.165, 1.54) is 20.2 Å². The predicted molar refractivity (Wildman–Crippen MR) is 234 cm³/mol. The molecule has 0 spiro atoms. The van der Waals surface area contributed by atoms with E-state index in [2.05, 4.69) is 91.0 Å². The Hall–Kier alpha value is -7.41. The Kier molecular flexibility index (Phi) is 7.03. The molecule has 12 aromatic rings. The summed E-state index contributed by atoms with van der Waals surface area (Å²) in [5, 5.41) is 6.83. The Morgan fingerprint density at radius 3 is 1.60 bits per heavy atom. The van der Waals surface area contributed by atoms with Crippen molar-refractivity contribution in [1.29, 1.82) is 0 Å². The van der Waals surface area contributed by atoms with Gasteiger partial charge in [-0.15, -0.1) is 11.3 Å². The highest BCUT2D eigenvalue weighted by Gasteiger charge is 2.20. The molecule has 4 aromatic heterocycles. The third kappa shape index (κ3) is 5.19. The fourth-order valence-electron chi connectivity index (χ4n) is 8.23. The summed E-state index contributed by atoms with van der Waals surface area (Å²) >= 11 is 1.79. The van der Waals surface area contributed by atoms with Crippen molar-refractivity contribution in [1.82, 2.24) is 15.0 Å². The Morgan fingerprint density at radius 1 is 0.333 bits per heavy atom. The van der Waals surface area contributed by atoms with Crippen LogP contribution in [0.3, 0.4) is 0 Å². The maximum atomic E-state index is 6.57. The molecule has 266 valence electrons. The number of thiophene rings is 1. The van der Waals surface area contributed by atoms with Crippen LogP contribution in [0.4, 0.5) is 0 Å². The first-order chi connectivity index (χ1) is 28.2. The van der Waals surface area contributed by atoms with E-state index in [-0.39, 0.29) is 0 Å². The van der Waals surface area contributed by atoms with E-state index in [9.17, 15) is 0 Å². The number of hydrogen-bond acceptors (Lipinski definition) is 6. The van der Waals surface area contributed by atoms with Crippen LogP contribution in [0.15, 0.2) is 185 Å². The first-order valence-electron chi connectivity index (χ1n) is 18.9. The zero-order valence-corrected chi connectivity index (χ0v) is 31.1. The molecule has 0 saturated carbocycles. The monoisotopic (exact) mass is 747 g/mol. The lowest BCUT2D eigenvalue weighted by molar-refractivity contribution is 0.668. The molecule has 0 unspecified atom stereocenters. The molecular formula is C51H29N3O2S. The highest BCUT2D eigenvalue weighted by atomic mass is 32.1. The molecule has 0 atom stereocenters. The fourth-order valence-corrected chi connectivity index (χ4v) is 9.42. The average molecular weight is 748 g/mol. The van der Waals surface area contributed by atoms with Gasteiger partial charge >= 0.3 is 0 Å². The number of hydrogen-bond donors (Lipinski definition) is 0. The third-order valence-corrected chi connectivity index (χ3v) is 12.1. The molecule has 0 saturated heterocycles. The molecule has 0 radical (unpaired) electrons. The summed E-state index contributed by atoms with van der Waals surface area (Å²) in [6.07, 6.45) is 0. The van der Waals surface area contributed by atoms with E-state index in [0.29, 0.717) is 17.5 Å². The van der Waals surface area contributed by atoms with E-state index in [1.54, 1.807) is 11.3 Å². The standard InChI is InChI=1S/C51H29N3O2S/c1-3-12-30(13-4-1)49-52-50(31-14-5-2-6-15-31)54-51(53-49)33-23-25-38-37-24-22-32(28-45(37)57-46(38)29-33)41-26-34(27-44-47(41)40-17-8-10-21-43(40)55-44)35-18-11-19-39-36-16-7-9-20-42(36)56-48(35)39/h1-29H. The van der Waals surface area contributed by atoms with Crippen LogP contribution in [-0.4, -0.2) is 15.0 Å². The number of rotatable bonds is 5. The molecular weight excluding hydrogens is 719 g/mol. The van der Waals surface area contributed by atoms with Crippen LogP contribution >= 0.6 is 11.3 Å². The van der Waals surface area contributed by atoms with Crippen molar-refractivity contribution in [2.75, 3.05) is 0 Å². The van der Waals surface area contributed by atoms with Crippen LogP contribution in [-0.2, 0) is 0 Å². The Morgan fingerprint density at radius 2 is 0.895 bits per heavy atom. The summed E-state index contributed by atoms with van der Waals surface area (Å²) in [6, 6.07) is 61.0. The van der Waals surface area contributed by atoms with E-state index in [1.807, 2.05) is 84.9 Å². The largest absolute Gasteiger partial charge is 0.456 e. The summed E-state index contributed by atoms with van der Waals surface area (Å²) in [7, 11) is 0. The Balaban J connectivity index is 1.02. The lowest BCUT2D eigenvalue weighted by Crippen LogP contribution is -1.99. The number of nitrogens with zero attached hydrogens (tertiary/aromatic N) is 3. The second-order valence-corrected chi connectivity index (χ2v) is 15.4. The molecule has 12 rings (SSSR count). The van der Waals surface area contributed by atoms with E-state index in [0.717, 1.165) is 82.8 Å². The van der Waals surface area contributed by atoms with Gasteiger partial charge in [-0.1, -0.05) is 140 Å². The minimum absolute atomic E-state index is 0.647. The van der Waals surface area contributed by atoms with Gasteiger partial charge in [0.25, 0.3) is 0 Å². The van der Waals surface area contributed by atoms with Crippen LogP contribution in [0.25, 0.3) is 120 Å². The van der Waals surface area contributed by atoms with Gasteiger partial charge in [-0.25, -0.2) is 15.0 Å². The van der Waals surface area contributed by atoms with E-state index >= 15 is 0 Å². The number of aromatic nitrogens is 3. The summed E-state index contributed by atoms with van der Waals surface area (Å²) in [4.78, 5) is 14.9. The highest BCUT2D eigenvalue weighted by Crippen LogP contribution is 2.45. The summed E-state index contributed by atoms with van der Waals surface area (Å²) in [5.74, 6) is 1.95. The third-order valence-electron chi connectivity index (χ3n) is 10.9. The topological polar surface area (TPSA) is 65.0 Å². The zero-order chi connectivity index (χ0) is 37.5. The molecule has 5 nitrogen and oxygen atoms in total. The summed E-state index contributed by atoms with van der Waals surface area (Å²) < 4.78 is 15.4. The molecule has 0 amide bonds. The summed E-state index contributed by atoms with van der Waals surface area (Å²) in [5.41, 5.74) is 10.6. The first kappa shape index (κ1) is 31.9. The molecule has 6 heteroatoms.